The van der Waals surface area contributed by atoms with Crippen molar-refractivity contribution in [1.82, 2.24) is 10.3 Å². The molecular weight excluding hydrogens is 396 g/mol. The van der Waals surface area contributed by atoms with E-state index in [1.165, 1.54) is 0 Å². The number of nitrogens with zero attached hydrogens (tertiary/aromatic N) is 1. The minimum atomic E-state index is -0.0753. The highest BCUT2D eigenvalue weighted by Crippen LogP contribution is 2.31. The predicted molar refractivity (Wildman–Crippen MR) is 115 cm³/mol. The van der Waals surface area contributed by atoms with Gasteiger partial charge in [0.05, 0.1) is 13.5 Å². The van der Waals surface area contributed by atoms with Crippen LogP contribution in [-0.2, 0) is 24.4 Å². The van der Waals surface area contributed by atoms with Gasteiger partial charge in [0.1, 0.15) is 19.8 Å². The average Bonchev–Trinajstić information content (AvgIpc) is 2.82. The number of amides is 1. The lowest BCUT2D eigenvalue weighted by molar-refractivity contribution is -0.120. The Bertz CT molecular complexity index is 1040. The summed E-state index contributed by atoms with van der Waals surface area (Å²) in [6.07, 6.45) is 3.72. The van der Waals surface area contributed by atoms with Gasteiger partial charge < -0.3 is 24.3 Å². The summed E-state index contributed by atoms with van der Waals surface area (Å²) in [4.78, 5) is 16.4. The van der Waals surface area contributed by atoms with Gasteiger partial charge in [-0.25, -0.2) is 0 Å². The van der Waals surface area contributed by atoms with Crippen molar-refractivity contribution in [2.45, 2.75) is 19.6 Å². The SMILES string of the molecule is COc1cc(CNC(=O)Cc2ccc3c(c2)OCCO3)ccc1OCc1ccncc1. The molecule has 0 radical (unpaired) electrons. The Morgan fingerprint density at radius 2 is 1.71 bits per heavy atom. The molecule has 1 amide bonds. The van der Waals surface area contributed by atoms with Crippen molar-refractivity contribution >= 4 is 5.91 Å². The fourth-order valence-electron chi connectivity index (χ4n) is 3.23. The third-order valence-electron chi connectivity index (χ3n) is 4.83. The smallest absolute Gasteiger partial charge is 0.224 e. The molecule has 1 aromatic heterocycles. The van der Waals surface area contributed by atoms with Crippen molar-refractivity contribution in [2.75, 3.05) is 20.3 Å². The number of pyridine rings is 1. The second-order valence-corrected chi connectivity index (χ2v) is 7.06. The number of aromatic nitrogens is 1. The van der Waals surface area contributed by atoms with Crippen molar-refractivity contribution < 1.29 is 23.7 Å². The maximum Gasteiger partial charge on any atom is 0.224 e. The van der Waals surface area contributed by atoms with Gasteiger partial charge in [-0.15, -0.1) is 0 Å². The Hall–Kier alpha value is -3.74. The van der Waals surface area contributed by atoms with Crippen LogP contribution in [0.4, 0.5) is 0 Å². The van der Waals surface area contributed by atoms with E-state index in [9.17, 15) is 4.79 Å². The van der Waals surface area contributed by atoms with Crippen LogP contribution in [0.15, 0.2) is 60.9 Å². The first-order valence-corrected chi connectivity index (χ1v) is 10.0. The van der Waals surface area contributed by atoms with Gasteiger partial charge in [0.2, 0.25) is 5.91 Å². The van der Waals surface area contributed by atoms with Crippen molar-refractivity contribution in [3.05, 3.63) is 77.6 Å². The van der Waals surface area contributed by atoms with Crippen LogP contribution in [0, 0.1) is 0 Å². The Kier molecular flexibility index (Phi) is 6.52. The van der Waals surface area contributed by atoms with Gasteiger partial charge in [-0.2, -0.15) is 0 Å². The average molecular weight is 420 g/mol. The highest BCUT2D eigenvalue weighted by molar-refractivity contribution is 5.78. The quantitative estimate of drug-likeness (QED) is 0.603. The normalized spacial score (nSPS) is 12.2. The number of hydrogen-bond donors (Lipinski definition) is 1. The maximum atomic E-state index is 12.4. The fraction of sp³-hybridized carbons (Fsp3) is 0.250. The van der Waals surface area contributed by atoms with Crippen molar-refractivity contribution in [3.63, 3.8) is 0 Å². The lowest BCUT2D eigenvalue weighted by Gasteiger charge is -2.18. The Balaban J connectivity index is 1.32. The Morgan fingerprint density at radius 1 is 0.935 bits per heavy atom. The van der Waals surface area contributed by atoms with E-state index in [0.717, 1.165) is 16.7 Å². The minimum Gasteiger partial charge on any atom is -0.493 e. The number of rotatable bonds is 8. The van der Waals surface area contributed by atoms with Crippen LogP contribution in [-0.4, -0.2) is 31.2 Å². The van der Waals surface area contributed by atoms with E-state index in [1.54, 1.807) is 19.5 Å². The zero-order valence-electron chi connectivity index (χ0n) is 17.3. The maximum absolute atomic E-state index is 12.4. The van der Waals surface area contributed by atoms with Crippen molar-refractivity contribution in [1.29, 1.82) is 0 Å². The van der Waals surface area contributed by atoms with Gasteiger partial charge >= 0.3 is 0 Å². The number of benzene rings is 2. The van der Waals surface area contributed by atoms with E-state index in [2.05, 4.69) is 10.3 Å². The van der Waals surface area contributed by atoms with Gasteiger partial charge in [0.25, 0.3) is 0 Å². The lowest BCUT2D eigenvalue weighted by Crippen LogP contribution is -2.24. The van der Waals surface area contributed by atoms with E-state index in [-0.39, 0.29) is 12.3 Å². The largest absolute Gasteiger partial charge is 0.493 e. The summed E-state index contributed by atoms with van der Waals surface area (Å²) in [5.41, 5.74) is 2.82. The monoisotopic (exact) mass is 420 g/mol. The van der Waals surface area contributed by atoms with Crippen LogP contribution in [0.3, 0.4) is 0 Å². The molecule has 0 saturated carbocycles. The molecule has 7 nitrogen and oxygen atoms in total. The van der Waals surface area contributed by atoms with Gasteiger partial charge in [0, 0.05) is 18.9 Å². The molecule has 31 heavy (non-hydrogen) atoms. The number of methoxy groups -OCH3 is 1. The highest BCUT2D eigenvalue weighted by atomic mass is 16.6. The van der Waals surface area contributed by atoms with Gasteiger partial charge in [-0.1, -0.05) is 12.1 Å². The van der Waals surface area contributed by atoms with E-state index in [0.29, 0.717) is 49.4 Å². The molecule has 2 aromatic carbocycles. The fourth-order valence-corrected chi connectivity index (χ4v) is 3.23. The number of carbonyl (C=O) groups excluding carboxylic acids is 1. The van der Waals surface area contributed by atoms with Crippen LogP contribution in [0.5, 0.6) is 23.0 Å². The number of nitrogens with one attached hydrogen (secondary N) is 1. The molecule has 160 valence electrons. The minimum absolute atomic E-state index is 0.0753. The van der Waals surface area contributed by atoms with E-state index in [4.69, 9.17) is 18.9 Å². The molecule has 0 bridgehead atoms. The highest BCUT2D eigenvalue weighted by Gasteiger charge is 2.13. The van der Waals surface area contributed by atoms with Gasteiger partial charge in [0.15, 0.2) is 23.0 Å². The number of hydrogen-bond acceptors (Lipinski definition) is 6. The Morgan fingerprint density at radius 3 is 2.52 bits per heavy atom. The summed E-state index contributed by atoms with van der Waals surface area (Å²) >= 11 is 0. The third-order valence-corrected chi connectivity index (χ3v) is 4.83. The molecule has 3 aromatic rings. The molecular formula is C24H24N2O5. The zero-order valence-corrected chi connectivity index (χ0v) is 17.3. The van der Waals surface area contributed by atoms with E-state index >= 15 is 0 Å². The summed E-state index contributed by atoms with van der Waals surface area (Å²) in [6, 6.07) is 15.0. The van der Waals surface area contributed by atoms with Crippen LogP contribution < -0.4 is 24.3 Å². The van der Waals surface area contributed by atoms with Crippen molar-refractivity contribution in [2.24, 2.45) is 0 Å². The second-order valence-electron chi connectivity index (χ2n) is 7.06. The molecule has 0 unspecified atom stereocenters. The van der Waals surface area contributed by atoms with Crippen LogP contribution >= 0.6 is 0 Å². The molecule has 0 fully saturated rings. The molecule has 0 atom stereocenters. The summed E-state index contributed by atoms with van der Waals surface area (Å²) in [7, 11) is 1.60. The first-order valence-electron chi connectivity index (χ1n) is 10.0. The van der Waals surface area contributed by atoms with E-state index < -0.39 is 0 Å². The molecule has 7 heteroatoms. The van der Waals surface area contributed by atoms with E-state index in [1.807, 2.05) is 48.5 Å². The first kappa shape index (κ1) is 20.5. The van der Waals surface area contributed by atoms with Gasteiger partial charge in [-0.3, -0.25) is 9.78 Å². The number of carbonyl (C=O) groups is 1. The molecule has 4 rings (SSSR count). The molecule has 1 aliphatic rings. The number of fused-ring (bicyclic) bond motifs is 1. The zero-order chi connectivity index (χ0) is 21.5. The molecule has 1 N–H and O–H groups in total. The summed E-state index contributed by atoms with van der Waals surface area (Å²) in [6.45, 7) is 1.88. The molecule has 2 heterocycles. The summed E-state index contributed by atoms with van der Waals surface area (Å²) in [5, 5.41) is 2.94. The van der Waals surface area contributed by atoms with Gasteiger partial charge in [-0.05, 0) is 53.1 Å². The Labute approximate surface area is 180 Å². The van der Waals surface area contributed by atoms with Crippen LogP contribution in [0.2, 0.25) is 0 Å². The van der Waals surface area contributed by atoms with Crippen LogP contribution in [0.1, 0.15) is 16.7 Å². The molecule has 0 aliphatic carbocycles. The summed E-state index contributed by atoms with van der Waals surface area (Å²) in [5.74, 6) is 2.59. The van der Waals surface area contributed by atoms with Crippen LogP contribution in [0.25, 0.3) is 0 Å². The first-order chi connectivity index (χ1) is 15.2. The summed E-state index contributed by atoms with van der Waals surface area (Å²) < 4.78 is 22.4. The standard InChI is InChI=1S/C24H24N2O5/c1-28-22-13-19(3-5-20(22)31-16-17-6-8-25-9-7-17)15-26-24(27)14-18-2-4-21-23(12-18)30-11-10-29-21/h2-9,12-13H,10-11,14-16H2,1H3,(H,26,27). The van der Waals surface area contributed by atoms with Crippen molar-refractivity contribution in [3.8, 4) is 23.0 Å². The third kappa shape index (κ3) is 5.45. The predicted octanol–water partition coefficient (Wildman–Crippen LogP) is 3.30. The number of ether oxygens (including phenoxy) is 4. The topological polar surface area (TPSA) is 78.9 Å². The second kappa shape index (κ2) is 9.84. The molecule has 1 aliphatic heterocycles. The molecule has 0 spiro atoms. The lowest BCUT2D eigenvalue weighted by atomic mass is 10.1. The molecule has 0 saturated heterocycles.